The lowest BCUT2D eigenvalue weighted by molar-refractivity contribution is -0.139. The number of oxime groups is 1. The summed E-state index contributed by atoms with van der Waals surface area (Å²) in [6, 6.07) is 10.3. The van der Waals surface area contributed by atoms with E-state index < -0.39 is 23.9 Å². The summed E-state index contributed by atoms with van der Waals surface area (Å²) in [5.41, 5.74) is 3.11. The number of benzene rings is 2. The van der Waals surface area contributed by atoms with Gasteiger partial charge in [0.1, 0.15) is 6.10 Å². The van der Waals surface area contributed by atoms with Crippen molar-refractivity contribution in [3.05, 3.63) is 64.7 Å². The van der Waals surface area contributed by atoms with Crippen LogP contribution in [0.15, 0.2) is 47.6 Å². The van der Waals surface area contributed by atoms with Crippen LogP contribution in [0.4, 0.5) is 18.0 Å². The zero-order valence-electron chi connectivity index (χ0n) is 16.3. The number of amides is 1. The number of carbonyl (C=O) groups excluding carboxylic acids is 1. The Bertz CT molecular complexity index is 898. The fourth-order valence-electron chi connectivity index (χ4n) is 2.45. The minimum absolute atomic E-state index is 0.00763. The fraction of sp³-hybridized carbons (Fsp3) is 0.300. The summed E-state index contributed by atoms with van der Waals surface area (Å²) in [6.07, 6.45) is -6.16. The average molecular weight is 410 g/mol. The van der Waals surface area contributed by atoms with Crippen LogP contribution in [0.5, 0.6) is 5.75 Å². The molecule has 0 heterocycles. The van der Waals surface area contributed by atoms with Gasteiger partial charge in [-0.15, -0.1) is 0 Å². The first kappa shape index (κ1) is 22.1. The molecule has 156 valence electrons. The molecule has 1 amide bonds. The molecule has 29 heavy (non-hydrogen) atoms. The highest BCUT2D eigenvalue weighted by atomic mass is 19.4. The van der Waals surface area contributed by atoms with Crippen LogP contribution in [0.2, 0.25) is 0 Å². The van der Waals surface area contributed by atoms with Crippen molar-refractivity contribution in [2.24, 2.45) is 5.16 Å². The lowest BCUT2D eigenvalue weighted by atomic mass is 10.0. The first-order chi connectivity index (χ1) is 13.6. The molecule has 0 aromatic heterocycles. The normalized spacial score (nSPS) is 12.9. The van der Waals surface area contributed by atoms with Gasteiger partial charge in [-0.1, -0.05) is 35.5 Å². The van der Waals surface area contributed by atoms with Crippen LogP contribution < -0.4 is 10.3 Å². The van der Waals surface area contributed by atoms with Crippen molar-refractivity contribution >= 4 is 11.8 Å². The monoisotopic (exact) mass is 410 g/mol. The summed E-state index contributed by atoms with van der Waals surface area (Å²) in [4.78, 5) is 21.6. The van der Waals surface area contributed by atoms with Crippen molar-refractivity contribution in [1.29, 1.82) is 0 Å². The Hall–Kier alpha value is -3.23. The molecule has 2 aromatic carbocycles. The van der Waals surface area contributed by atoms with Crippen LogP contribution in [0.3, 0.4) is 0 Å². The maximum atomic E-state index is 13.2. The average Bonchev–Trinajstić information content (AvgIpc) is 2.70. The van der Waals surface area contributed by atoms with E-state index in [-0.39, 0.29) is 5.56 Å². The Balaban J connectivity index is 2.17. The molecule has 0 saturated carbocycles. The standard InChI is InChI=1S/C20H21F3N2O4/c1-12-9-10-15(11-18(12)29-25-19(26)27-4)13(2)24-28-14(3)16-7-5-6-8-17(16)20(21,22)23/h5-11,14H,1-4H3,(H,25,26). The van der Waals surface area contributed by atoms with Gasteiger partial charge >= 0.3 is 12.3 Å². The number of hydroxylamine groups is 1. The number of hydrogen-bond acceptors (Lipinski definition) is 5. The highest BCUT2D eigenvalue weighted by Crippen LogP contribution is 2.35. The Kier molecular flexibility index (Phi) is 7.08. The van der Waals surface area contributed by atoms with Crippen LogP contribution in [0, 0.1) is 6.92 Å². The zero-order valence-corrected chi connectivity index (χ0v) is 16.3. The van der Waals surface area contributed by atoms with E-state index in [9.17, 15) is 18.0 Å². The number of carbonyl (C=O) groups is 1. The minimum Gasteiger partial charge on any atom is -0.451 e. The van der Waals surface area contributed by atoms with Gasteiger partial charge in [-0.25, -0.2) is 4.79 Å². The summed E-state index contributed by atoms with van der Waals surface area (Å²) in [7, 11) is 1.20. The second kappa shape index (κ2) is 9.31. The van der Waals surface area contributed by atoms with Gasteiger partial charge in [0.25, 0.3) is 0 Å². The number of ether oxygens (including phenoxy) is 1. The lowest BCUT2D eigenvalue weighted by Crippen LogP contribution is -2.27. The van der Waals surface area contributed by atoms with Crippen LogP contribution in [0.25, 0.3) is 0 Å². The Labute approximate surface area is 166 Å². The second-order valence-corrected chi connectivity index (χ2v) is 6.19. The molecule has 0 saturated heterocycles. The van der Waals surface area contributed by atoms with Gasteiger partial charge in [-0.05, 0) is 38.5 Å². The van der Waals surface area contributed by atoms with Crippen molar-refractivity contribution in [3.8, 4) is 5.75 Å². The molecule has 6 nitrogen and oxygen atoms in total. The first-order valence-corrected chi connectivity index (χ1v) is 8.61. The van der Waals surface area contributed by atoms with E-state index in [1.165, 1.54) is 32.2 Å². The fourth-order valence-corrected chi connectivity index (χ4v) is 2.45. The maximum absolute atomic E-state index is 13.2. The van der Waals surface area contributed by atoms with E-state index in [0.717, 1.165) is 11.6 Å². The number of alkyl halides is 3. The van der Waals surface area contributed by atoms with Crippen molar-refractivity contribution in [1.82, 2.24) is 5.48 Å². The van der Waals surface area contributed by atoms with E-state index in [4.69, 9.17) is 9.68 Å². The minimum atomic E-state index is -4.48. The number of rotatable bonds is 6. The molecule has 0 aliphatic heterocycles. The molecule has 0 aliphatic rings. The highest BCUT2D eigenvalue weighted by Gasteiger charge is 2.34. The largest absolute Gasteiger partial charge is 0.451 e. The molecule has 2 rings (SSSR count). The van der Waals surface area contributed by atoms with Crippen molar-refractivity contribution in [2.75, 3.05) is 7.11 Å². The topological polar surface area (TPSA) is 69.2 Å². The van der Waals surface area contributed by atoms with Crippen molar-refractivity contribution < 1.29 is 32.4 Å². The van der Waals surface area contributed by atoms with E-state index in [1.54, 1.807) is 32.0 Å². The quantitative estimate of drug-likeness (QED) is 0.527. The van der Waals surface area contributed by atoms with Gasteiger partial charge in [0, 0.05) is 11.1 Å². The van der Waals surface area contributed by atoms with Gasteiger partial charge in [-0.2, -0.15) is 18.7 Å². The maximum Gasteiger partial charge on any atom is 0.440 e. The van der Waals surface area contributed by atoms with Crippen molar-refractivity contribution in [3.63, 3.8) is 0 Å². The molecule has 0 fully saturated rings. The van der Waals surface area contributed by atoms with E-state index in [0.29, 0.717) is 17.0 Å². The van der Waals surface area contributed by atoms with E-state index in [1.807, 2.05) is 0 Å². The predicted octanol–water partition coefficient (Wildman–Crippen LogP) is 5.17. The number of methoxy groups -OCH3 is 1. The summed E-state index contributed by atoms with van der Waals surface area (Å²) in [5.74, 6) is 0.359. The number of aryl methyl sites for hydroxylation is 1. The smallest absolute Gasteiger partial charge is 0.440 e. The number of nitrogens with zero attached hydrogens (tertiary/aromatic N) is 1. The van der Waals surface area contributed by atoms with Gasteiger partial charge in [-0.3, -0.25) is 0 Å². The highest BCUT2D eigenvalue weighted by molar-refractivity contribution is 5.98. The molecule has 9 heteroatoms. The molecule has 0 spiro atoms. The third-order valence-corrected chi connectivity index (χ3v) is 4.09. The summed E-state index contributed by atoms with van der Waals surface area (Å²) < 4.78 is 43.9. The van der Waals surface area contributed by atoms with Crippen LogP contribution in [-0.2, 0) is 15.8 Å². The molecular formula is C20H21F3N2O4. The molecular weight excluding hydrogens is 389 g/mol. The molecule has 0 radical (unpaired) electrons. The molecule has 1 atom stereocenters. The van der Waals surface area contributed by atoms with Crippen LogP contribution >= 0.6 is 0 Å². The van der Waals surface area contributed by atoms with Gasteiger partial charge in [0.2, 0.25) is 0 Å². The molecule has 1 N–H and O–H groups in total. The number of nitrogens with one attached hydrogen (secondary N) is 1. The number of halogens is 3. The van der Waals surface area contributed by atoms with E-state index in [2.05, 4.69) is 15.4 Å². The van der Waals surface area contributed by atoms with Gasteiger partial charge < -0.3 is 14.4 Å². The Morgan fingerprint density at radius 1 is 1.17 bits per heavy atom. The zero-order chi connectivity index (χ0) is 21.6. The Morgan fingerprint density at radius 3 is 2.52 bits per heavy atom. The van der Waals surface area contributed by atoms with Crippen LogP contribution in [-0.4, -0.2) is 18.9 Å². The third kappa shape index (κ3) is 5.87. The predicted molar refractivity (Wildman–Crippen MR) is 101 cm³/mol. The summed E-state index contributed by atoms with van der Waals surface area (Å²) in [6.45, 7) is 4.91. The lowest BCUT2D eigenvalue weighted by Gasteiger charge is -2.17. The molecule has 2 aromatic rings. The Morgan fingerprint density at radius 2 is 1.86 bits per heavy atom. The van der Waals surface area contributed by atoms with E-state index >= 15 is 0 Å². The SMILES string of the molecule is COC(=O)NOc1cc(C(C)=NOC(C)c2ccccc2C(F)(F)F)ccc1C. The van der Waals surface area contributed by atoms with Crippen LogP contribution in [0.1, 0.15) is 42.2 Å². The summed E-state index contributed by atoms with van der Waals surface area (Å²) in [5, 5.41) is 3.96. The third-order valence-electron chi connectivity index (χ3n) is 4.09. The first-order valence-electron chi connectivity index (χ1n) is 8.61. The molecule has 1 unspecified atom stereocenters. The van der Waals surface area contributed by atoms with Gasteiger partial charge in [0.05, 0.1) is 18.4 Å². The summed E-state index contributed by atoms with van der Waals surface area (Å²) >= 11 is 0. The molecule has 0 bridgehead atoms. The number of hydrogen-bond donors (Lipinski definition) is 1. The second-order valence-electron chi connectivity index (χ2n) is 6.19. The van der Waals surface area contributed by atoms with Gasteiger partial charge in [0.15, 0.2) is 5.75 Å². The van der Waals surface area contributed by atoms with Crippen molar-refractivity contribution in [2.45, 2.75) is 33.1 Å². The molecule has 0 aliphatic carbocycles.